The van der Waals surface area contributed by atoms with Crippen molar-refractivity contribution >= 4 is 11.9 Å². The molecule has 1 amide bonds. The van der Waals surface area contributed by atoms with E-state index in [1.165, 1.54) is 32.1 Å². The molecule has 2 saturated carbocycles. The summed E-state index contributed by atoms with van der Waals surface area (Å²) in [6, 6.07) is 0.425. The van der Waals surface area contributed by atoms with Crippen LogP contribution < -0.4 is 0 Å². The first kappa shape index (κ1) is 14.9. The van der Waals surface area contributed by atoms with E-state index in [1.807, 2.05) is 13.8 Å². The van der Waals surface area contributed by atoms with Crippen LogP contribution in [0.4, 0.5) is 0 Å². The molecule has 4 rings (SSSR count). The molecule has 4 heteroatoms. The average molecular weight is 293 g/mol. The summed E-state index contributed by atoms with van der Waals surface area (Å²) in [5.74, 6) is 1.71. The molecule has 2 aliphatic heterocycles. The molecule has 21 heavy (non-hydrogen) atoms. The van der Waals surface area contributed by atoms with Crippen LogP contribution in [0.1, 0.15) is 58.8 Å². The fourth-order valence-corrected chi connectivity index (χ4v) is 5.07. The van der Waals surface area contributed by atoms with Crippen LogP contribution in [0.25, 0.3) is 0 Å². The van der Waals surface area contributed by atoms with Crippen LogP contribution >= 0.6 is 0 Å². The lowest BCUT2D eigenvalue weighted by molar-refractivity contribution is -0.141. The molecule has 2 unspecified atom stereocenters. The first-order chi connectivity index (χ1) is 9.82. The van der Waals surface area contributed by atoms with Gasteiger partial charge in [0.05, 0.1) is 6.42 Å². The van der Waals surface area contributed by atoms with Gasteiger partial charge in [0.15, 0.2) is 0 Å². The first-order valence-electron chi connectivity index (χ1n) is 8.33. The Morgan fingerprint density at radius 3 is 2.14 bits per heavy atom. The number of carboxylic acid groups (broad SMARTS) is 1. The van der Waals surface area contributed by atoms with E-state index >= 15 is 0 Å². The van der Waals surface area contributed by atoms with Crippen molar-refractivity contribution in [3.63, 3.8) is 0 Å². The first-order valence-corrected chi connectivity index (χ1v) is 8.33. The standard InChI is InChI=1S/C17H27NO3/c1-17(2,9-16(20)21)8-15(19)18-10-13-4-11-3-12(5-13)7-14(18)6-11/h11-14H,3-10H2,1-2H3,(H,20,21). The smallest absolute Gasteiger partial charge is 0.303 e. The highest BCUT2D eigenvalue weighted by Crippen LogP contribution is 2.47. The number of aliphatic carboxylic acids is 1. The molecule has 0 aromatic carbocycles. The normalized spacial score (nSPS) is 34.9. The van der Waals surface area contributed by atoms with Crippen LogP contribution in [0.15, 0.2) is 0 Å². The minimum atomic E-state index is -0.816. The second kappa shape index (κ2) is 5.29. The SMILES string of the molecule is CC(C)(CC(=O)O)CC(=O)N1CC2CC3CC(C2)CC1C3. The van der Waals surface area contributed by atoms with Crippen molar-refractivity contribution in [2.24, 2.45) is 23.2 Å². The predicted molar refractivity (Wildman–Crippen MR) is 79.7 cm³/mol. The van der Waals surface area contributed by atoms with E-state index in [0.717, 1.165) is 18.4 Å². The molecule has 0 aromatic heterocycles. The number of fused-ring (bicyclic) bond motifs is 1. The highest BCUT2D eigenvalue weighted by molar-refractivity contribution is 5.78. The summed E-state index contributed by atoms with van der Waals surface area (Å²) in [6.45, 7) is 4.69. The highest BCUT2D eigenvalue weighted by atomic mass is 16.4. The maximum absolute atomic E-state index is 12.7. The van der Waals surface area contributed by atoms with E-state index in [-0.39, 0.29) is 12.3 Å². The fourth-order valence-electron chi connectivity index (χ4n) is 5.07. The number of amides is 1. The molecule has 2 heterocycles. The lowest BCUT2D eigenvalue weighted by Crippen LogP contribution is -2.43. The molecule has 4 aliphatic rings. The maximum atomic E-state index is 12.7. The van der Waals surface area contributed by atoms with Gasteiger partial charge in [-0.1, -0.05) is 13.8 Å². The Bertz CT molecular complexity index is 431. The fraction of sp³-hybridized carbons (Fsp3) is 0.882. The molecule has 4 nitrogen and oxygen atoms in total. The van der Waals surface area contributed by atoms with Crippen molar-refractivity contribution in [3.8, 4) is 0 Å². The van der Waals surface area contributed by atoms with Crippen LogP contribution in [0.5, 0.6) is 0 Å². The van der Waals surface area contributed by atoms with Gasteiger partial charge in [-0.3, -0.25) is 9.59 Å². The van der Waals surface area contributed by atoms with E-state index in [2.05, 4.69) is 4.90 Å². The van der Waals surface area contributed by atoms with Gasteiger partial charge in [-0.2, -0.15) is 0 Å². The second-order valence-corrected chi connectivity index (χ2v) is 8.39. The van der Waals surface area contributed by atoms with Gasteiger partial charge in [0.25, 0.3) is 0 Å². The Morgan fingerprint density at radius 2 is 1.57 bits per heavy atom. The maximum Gasteiger partial charge on any atom is 0.303 e. The van der Waals surface area contributed by atoms with E-state index in [0.29, 0.717) is 18.4 Å². The van der Waals surface area contributed by atoms with Gasteiger partial charge in [0.2, 0.25) is 5.91 Å². The third-order valence-corrected chi connectivity index (χ3v) is 5.69. The van der Waals surface area contributed by atoms with Crippen LogP contribution in [0, 0.1) is 23.2 Å². The van der Waals surface area contributed by atoms with Crippen LogP contribution in [0.3, 0.4) is 0 Å². The van der Waals surface area contributed by atoms with Gasteiger partial charge in [0.1, 0.15) is 0 Å². The molecular weight excluding hydrogens is 266 g/mol. The van der Waals surface area contributed by atoms with E-state index < -0.39 is 11.4 Å². The number of rotatable bonds is 4. The van der Waals surface area contributed by atoms with Crippen molar-refractivity contribution in [3.05, 3.63) is 0 Å². The van der Waals surface area contributed by atoms with E-state index in [1.54, 1.807) is 0 Å². The summed E-state index contributed by atoms with van der Waals surface area (Å²) in [4.78, 5) is 25.8. The van der Waals surface area contributed by atoms with Gasteiger partial charge >= 0.3 is 5.97 Å². The Hall–Kier alpha value is -1.06. The number of hydrogen-bond donors (Lipinski definition) is 1. The van der Waals surface area contributed by atoms with Gasteiger partial charge < -0.3 is 10.0 Å². The van der Waals surface area contributed by atoms with Crippen molar-refractivity contribution < 1.29 is 14.7 Å². The summed E-state index contributed by atoms with van der Waals surface area (Å²) in [5, 5.41) is 8.98. The minimum Gasteiger partial charge on any atom is -0.481 e. The molecule has 2 aliphatic carbocycles. The molecule has 2 atom stereocenters. The molecular formula is C17H27NO3. The summed E-state index contributed by atoms with van der Waals surface area (Å²) in [5.41, 5.74) is -0.452. The van der Waals surface area contributed by atoms with Crippen molar-refractivity contribution in [1.82, 2.24) is 4.90 Å². The lowest BCUT2D eigenvalue weighted by Gasteiger charge is -2.39. The molecule has 0 radical (unpaired) electrons. The summed E-state index contributed by atoms with van der Waals surface area (Å²) in [7, 11) is 0. The zero-order chi connectivity index (χ0) is 15.2. The average Bonchev–Trinajstić information content (AvgIpc) is 2.50. The minimum absolute atomic E-state index is 0.0614. The number of hydrogen-bond acceptors (Lipinski definition) is 2. The molecule has 0 spiro atoms. The van der Waals surface area contributed by atoms with Crippen molar-refractivity contribution in [2.45, 2.75) is 64.8 Å². The van der Waals surface area contributed by atoms with E-state index in [4.69, 9.17) is 5.11 Å². The predicted octanol–water partition coefficient (Wildman–Crippen LogP) is 2.91. The zero-order valence-electron chi connectivity index (χ0n) is 13.2. The molecule has 0 aromatic rings. The van der Waals surface area contributed by atoms with Crippen molar-refractivity contribution in [1.29, 1.82) is 0 Å². The summed E-state index contributed by atoms with van der Waals surface area (Å²) >= 11 is 0. The second-order valence-electron chi connectivity index (χ2n) is 8.39. The van der Waals surface area contributed by atoms with Gasteiger partial charge in [-0.15, -0.1) is 0 Å². The summed E-state index contributed by atoms with van der Waals surface area (Å²) in [6.07, 6.45) is 6.75. The molecule has 1 N–H and O–H groups in total. The zero-order valence-corrected chi connectivity index (χ0v) is 13.2. The number of carboxylic acids is 1. The van der Waals surface area contributed by atoms with Crippen molar-refractivity contribution in [2.75, 3.05) is 6.54 Å². The van der Waals surface area contributed by atoms with Gasteiger partial charge in [-0.05, 0) is 55.3 Å². The number of nitrogens with zero attached hydrogens (tertiary/aromatic N) is 1. The third-order valence-electron chi connectivity index (χ3n) is 5.69. The largest absolute Gasteiger partial charge is 0.481 e. The summed E-state index contributed by atoms with van der Waals surface area (Å²) < 4.78 is 0. The monoisotopic (exact) mass is 293 g/mol. The Labute approximate surface area is 126 Å². The van der Waals surface area contributed by atoms with E-state index in [9.17, 15) is 9.59 Å². The van der Waals surface area contributed by atoms with Crippen LogP contribution in [-0.2, 0) is 9.59 Å². The van der Waals surface area contributed by atoms with Gasteiger partial charge in [-0.25, -0.2) is 0 Å². The number of carbonyl (C=O) groups excluding carboxylic acids is 1. The Morgan fingerprint density at radius 1 is 1.00 bits per heavy atom. The van der Waals surface area contributed by atoms with Crippen LogP contribution in [-0.4, -0.2) is 34.5 Å². The quantitative estimate of drug-likeness (QED) is 0.867. The number of carbonyl (C=O) groups is 2. The lowest BCUT2D eigenvalue weighted by atomic mass is 9.68. The Kier molecular flexibility index (Phi) is 3.74. The molecule has 118 valence electrons. The molecule has 2 saturated heterocycles. The molecule has 4 bridgehead atoms. The third kappa shape index (κ3) is 3.24. The van der Waals surface area contributed by atoms with Crippen LogP contribution in [0.2, 0.25) is 0 Å². The molecule has 4 fully saturated rings. The van der Waals surface area contributed by atoms with Gasteiger partial charge in [0, 0.05) is 19.0 Å². The topological polar surface area (TPSA) is 57.6 Å². The highest BCUT2D eigenvalue weighted by Gasteiger charge is 2.44. The Balaban J connectivity index is 1.68.